The second kappa shape index (κ2) is 3.53. The summed E-state index contributed by atoms with van der Waals surface area (Å²) >= 11 is 0. The molecule has 1 amide bonds. The predicted octanol–water partition coefficient (Wildman–Crippen LogP) is 0.578. The lowest BCUT2D eigenvalue weighted by atomic mass is 10.2. The van der Waals surface area contributed by atoms with E-state index in [9.17, 15) is 18.0 Å². The third-order valence-electron chi connectivity index (χ3n) is 2.05. The van der Waals surface area contributed by atoms with Crippen molar-refractivity contribution in [2.24, 2.45) is 0 Å². The van der Waals surface area contributed by atoms with Crippen molar-refractivity contribution in [3.05, 3.63) is 0 Å². The van der Waals surface area contributed by atoms with E-state index in [0.29, 0.717) is 19.3 Å². The topological polar surface area (TPSA) is 49.3 Å². The first-order chi connectivity index (χ1) is 5.91. The molecule has 0 aromatic rings. The van der Waals surface area contributed by atoms with Crippen LogP contribution in [-0.4, -0.2) is 29.3 Å². The highest BCUT2D eigenvalue weighted by atomic mass is 19.4. The van der Waals surface area contributed by atoms with Gasteiger partial charge in [0.2, 0.25) is 0 Å². The lowest BCUT2D eigenvalue weighted by Crippen LogP contribution is -2.46. The Hall–Kier alpha value is -0.780. The van der Waals surface area contributed by atoms with Crippen LogP contribution in [0.2, 0.25) is 0 Å². The van der Waals surface area contributed by atoms with E-state index in [-0.39, 0.29) is 0 Å². The number of carbonyl (C=O) groups is 1. The summed E-state index contributed by atoms with van der Waals surface area (Å²) in [5.74, 6) is -1.97. The average molecular weight is 197 g/mol. The SMILES string of the molecule is O=C(NC1CCC[C@H]1O)C(F)(F)F. The van der Waals surface area contributed by atoms with Crippen LogP contribution in [0.4, 0.5) is 13.2 Å². The van der Waals surface area contributed by atoms with Gasteiger partial charge in [0, 0.05) is 0 Å². The molecule has 2 atom stereocenters. The Labute approximate surface area is 72.9 Å². The summed E-state index contributed by atoms with van der Waals surface area (Å²) in [6.07, 6.45) is -4.20. The zero-order chi connectivity index (χ0) is 10.1. The van der Waals surface area contributed by atoms with Crippen LogP contribution in [0.15, 0.2) is 0 Å². The number of alkyl halides is 3. The van der Waals surface area contributed by atoms with E-state index < -0.39 is 24.2 Å². The minimum absolute atomic E-state index is 0.406. The molecule has 0 spiro atoms. The van der Waals surface area contributed by atoms with Gasteiger partial charge in [-0.3, -0.25) is 4.79 Å². The number of carbonyl (C=O) groups excluding carboxylic acids is 1. The summed E-state index contributed by atoms with van der Waals surface area (Å²) in [6.45, 7) is 0. The summed E-state index contributed by atoms with van der Waals surface area (Å²) in [7, 11) is 0. The van der Waals surface area contributed by atoms with Gasteiger partial charge < -0.3 is 10.4 Å². The lowest BCUT2D eigenvalue weighted by Gasteiger charge is -2.17. The van der Waals surface area contributed by atoms with E-state index in [1.807, 2.05) is 0 Å². The number of amides is 1. The van der Waals surface area contributed by atoms with Crippen LogP contribution in [-0.2, 0) is 4.79 Å². The number of hydrogen-bond donors (Lipinski definition) is 2. The Morgan fingerprint density at radius 3 is 2.38 bits per heavy atom. The zero-order valence-electron chi connectivity index (χ0n) is 6.77. The van der Waals surface area contributed by atoms with Gasteiger partial charge in [0.25, 0.3) is 0 Å². The molecule has 1 aliphatic rings. The Bertz CT molecular complexity index is 204. The van der Waals surface area contributed by atoms with E-state index in [0.717, 1.165) is 0 Å². The maximum absolute atomic E-state index is 11.7. The summed E-state index contributed by atoms with van der Waals surface area (Å²) in [4.78, 5) is 10.4. The first kappa shape index (κ1) is 10.3. The molecule has 0 bridgehead atoms. The Balaban J connectivity index is 2.45. The van der Waals surface area contributed by atoms with Gasteiger partial charge >= 0.3 is 12.1 Å². The van der Waals surface area contributed by atoms with Gasteiger partial charge in [0.1, 0.15) is 0 Å². The van der Waals surface area contributed by atoms with Crippen molar-refractivity contribution in [3.63, 3.8) is 0 Å². The van der Waals surface area contributed by atoms with Gasteiger partial charge in [0.15, 0.2) is 0 Å². The number of aliphatic hydroxyl groups excluding tert-OH is 1. The van der Waals surface area contributed by atoms with Crippen molar-refractivity contribution in [1.29, 1.82) is 0 Å². The van der Waals surface area contributed by atoms with Crippen LogP contribution in [0.3, 0.4) is 0 Å². The van der Waals surface area contributed by atoms with Crippen molar-refractivity contribution in [3.8, 4) is 0 Å². The highest BCUT2D eigenvalue weighted by Crippen LogP contribution is 2.21. The smallest absolute Gasteiger partial charge is 0.391 e. The summed E-state index contributed by atoms with van der Waals surface area (Å²) < 4.78 is 35.2. The summed E-state index contributed by atoms with van der Waals surface area (Å²) in [5.41, 5.74) is 0. The first-order valence-corrected chi connectivity index (χ1v) is 3.97. The van der Waals surface area contributed by atoms with Gasteiger partial charge in [0.05, 0.1) is 12.1 Å². The van der Waals surface area contributed by atoms with Crippen LogP contribution in [0.5, 0.6) is 0 Å². The van der Waals surface area contributed by atoms with Crippen molar-refractivity contribution in [2.75, 3.05) is 0 Å². The molecule has 2 N–H and O–H groups in total. The van der Waals surface area contributed by atoms with Gasteiger partial charge in [-0.1, -0.05) is 0 Å². The fourth-order valence-electron chi connectivity index (χ4n) is 1.36. The molecule has 0 aromatic carbocycles. The highest BCUT2D eigenvalue weighted by Gasteiger charge is 2.41. The number of rotatable bonds is 1. The quantitative estimate of drug-likeness (QED) is 0.646. The van der Waals surface area contributed by atoms with Crippen molar-refractivity contribution in [1.82, 2.24) is 5.32 Å². The molecule has 1 aliphatic carbocycles. The average Bonchev–Trinajstić information content (AvgIpc) is 2.34. The van der Waals surface area contributed by atoms with Gasteiger partial charge in [-0.05, 0) is 19.3 Å². The molecular weight excluding hydrogens is 187 g/mol. The monoisotopic (exact) mass is 197 g/mol. The van der Waals surface area contributed by atoms with Crippen LogP contribution in [0.25, 0.3) is 0 Å². The molecule has 76 valence electrons. The Morgan fingerprint density at radius 1 is 1.38 bits per heavy atom. The third kappa shape index (κ3) is 2.58. The molecule has 1 rings (SSSR count). The molecule has 0 aromatic heterocycles. The third-order valence-corrected chi connectivity index (χ3v) is 2.05. The maximum Gasteiger partial charge on any atom is 0.471 e. The molecule has 0 saturated heterocycles. The second-order valence-electron chi connectivity index (χ2n) is 3.08. The molecular formula is C7H10F3NO2. The standard InChI is InChI=1S/C7H10F3NO2/c8-7(9,10)6(13)11-4-2-1-3-5(4)12/h4-5,12H,1-3H2,(H,11,13)/t4?,5-/m1/s1. The predicted molar refractivity (Wildman–Crippen MR) is 37.8 cm³/mol. The summed E-state index contributed by atoms with van der Waals surface area (Å²) in [5, 5.41) is 10.9. The number of halogens is 3. The minimum atomic E-state index is -4.86. The summed E-state index contributed by atoms with van der Waals surface area (Å²) in [6, 6.07) is -0.742. The molecule has 0 heterocycles. The molecule has 0 aliphatic heterocycles. The fourth-order valence-corrected chi connectivity index (χ4v) is 1.36. The van der Waals surface area contributed by atoms with E-state index in [2.05, 4.69) is 0 Å². The van der Waals surface area contributed by atoms with Crippen molar-refractivity contribution >= 4 is 5.91 Å². The minimum Gasteiger partial charge on any atom is -0.391 e. The second-order valence-corrected chi connectivity index (χ2v) is 3.08. The van der Waals surface area contributed by atoms with Gasteiger partial charge in [-0.2, -0.15) is 13.2 Å². The van der Waals surface area contributed by atoms with E-state index in [1.54, 1.807) is 5.32 Å². The Morgan fingerprint density at radius 2 is 2.00 bits per heavy atom. The van der Waals surface area contributed by atoms with E-state index in [4.69, 9.17) is 5.11 Å². The molecule has 13 heavy (non-hydrogen) atoms. The van der Waals surface area contributed by atoms with E-state index in [1.165, 1.54) is 0 Å². The number of hydrogen-bond acceptors (Lipinski definition) is 2. The van der Waals surface area contributed by atoms with Crippen molar-refractivity contribution in [2.45, 2.75) is 37.6 Å². The zero-order valence-corrected chi connectivity index (χ0v) is 6.77. The fraction of sp³-hybridized carbons (Fsp3) is 0.857. The number of nitrogens with one attached hydrogen (secondary N) is 1. The lowest BCUT2D eigenvalue weighted by molar-refractivity contribution is -0.174. The molecule has 0 radical (unpaired) electrons. The van der Waals surface area contributed by atoms with Crippen LogP contribution in [0.1, 0.15) is 19.3 Å². The maximum atomic E-state index is 11.7. The van der Waals surface area contributed by atoms with Gasteiger partial charge in [-0.15, -0.1) is 0 Å². The van der Waals surface area contributed by atoms with Crippen LogP contribution < -0.4 is 5.32 Å². The number of aliphatic hydroxyl groups is 1. The van der Waals surface area contributed by atoms with E-state index >= 15 is 0 Å². The van der Waals surface area contributed by atoms with Crippen LogP contribution >= 0.6 is 0 Å². The largest absolute Gasteiger partial charge is 0.471 e. The molecule has 1 unspecified atom stereocenters. The highest BCUT2D eigenvalue weighted by molar-refractivity contribution is 5.82. The first-order valence-electron chi connectivity index (χ1n) is 3.97. The molecule has 6 heteroatoms. The van der Waals surface area contributed by atoms with Gasteiger partial charge in [-0.25, -0.2) is 0 Å². The molecule has 3 nitrogen and oxygen atoms in total. The Kier molecular flexibility index (Phi) is 2.80. The normalized spacial score (nSPS) is 28.9. The molecule has 1 fully saturated rings. The molecule has 1 saturated carbocycles. The van der Waals surface area contributed by atoms with Crippen molar-refractivity contribution < 1.29 is 23.1 Å². The van der Waals surface area contributed by atoms with Crippen LogP contribution in [0, 0.1) is 0 Å².